The molecule has 1 N–H and O–H groups in total. The second kappa shape index (κ2) is 7.95. The largest absolute Gasteiger partial charge is 0.508 e. The van der Waals surface area contributed by atoms with Crippen molar-refractivity contribution in [1.29, 1.82) is 0 Å². The summed E-state index contributed by atoms with van der Waals surface area (Å²) in [7, 11) is 0. The summed E-state index contributed by atoms with van der Waals surface area (Å²) in [4.78, 5) is 15.0. The fourth-order valence-corrected chi connectivity index (χ4v) is 3.35. The maximum Gasteiger partial charge on any atom is 0.143 e. The molecule has 1 fully saturated rings. The molecule has 1 saturated heterocycles. The fourth-order valence-electron chi connectivity index (χ4n) is 3.35. The molecule has 1 aliphatic heterocycles. The van der Waals surface area contributed by atoms with Crippen LogP contribution in [0, 0.1) is 0 Å². The third-order valence-electron chi connectivity index (χ3n) is 4.50. The standard InChI is InChI=1S/C17H25NO2.BrH/c1-3-10-18-11-8-17(9-12-18,16(20)4-2)14-6-5-7-15(19)13-14;/h5-7,13,19H,3-4,8-12H2,1-2H3;1H. The van der Waals surface area contributed by atoms with Gasteiger partial charge < -0.3 is 10.0 Å². The molecule has 0 spiro atoms. The summed E-state index contributed by atoms with van der Waals surface area (Å²) in [5.41, 5.74) is 0.595. The van der Waals surface area contributed by atoms with E-state index in [9.17, 15) is 9.90 Å². The Morgan fingerprint density at radius 2 is 1.95 bits per heavy atom. The van der Waals surface area contributed by atoms with Gasteiger partial charge in [0.05, 0.1) is 5.41 Å². The number of aromatic hydroxyl groups is 1. The van der Waals surface area contributed by atoms with Crippen LogP contribution < -0.4 is 0 Å². The number of Topliss-reactive ketones (excluding diaryl/α,β-unsaturated/α-hetero) is 1. The summed E-state index contributed by atoms with van der Waals surface area (Å²) in [6, 6.07) is 7.26. The molecule has 21 heavy (non-hydrogen) atoms. The molecule has 0 bridgehead atoms. The number of nitrogens with zero attached hydrogens (tertiary/aromatic N) is 1. The molecule has 0 amide bonds. The van der Waals surface area contributed by atoms with Gasteiger partial charge in [-0.1, -0.05) is 26.0 Å². The summed E-state index contributed by atoms with van der Waals surface area (Å²) >= 11 is 0. The van der Waals surface area contributed by atoms with E-state index in [4.69, 9.17) is 0 Å². The number of piperidine rings is 1. The molecule has 1 aliphatic rings. The van der Waals surface area contributed by atoms with Crippen LogP contribution in [0.5, 0.6) is 5.75 Å². The molecule has 1 aromatic rings. The number of benzene rings is 1. The number of ketones is 1. The normalized spacial score (nSPS) is 18.0. The van der Waals surface area contributed by atoms with Crippen LogP contribution in [0.4, 0.5) is 0 Å². The Morgan fingerprint density at radius 3 is 2.48 bits per heavy atom. The van der Waals surface area contributed by atoms with Crippen LogP contribution in [0.2, 0.25) is 0 Å². The molecular weight excluding hydrogens is 330 g/mol. The van der Waals surface area contributed by atoms with Gasteiger partial charge in [-0.25, -0.2) is 0 Å². The average molecular weight is 356 g/mol. The highest BCUT2D eigenvalue weighted by atomic mass is 79.9. The van der Waals surface area contributed by atoms with Gasteiger partial charge in [-0.05, 0) is 56.6 Å². The molecule has 2 rings (SSSR count). The van der Waals surface area contributed by atoms with Crippen LogP contribution in [-0.4, -0.2) is 35.4 Å². The van der Waals surface area contributed by atoms with Crippen LogP contribution in [0.1, 0.15) is 45.1 Å². The van der Waals surface area contributed by atoms with Crippen molar-refractivity contribution < 1.29 is 9.90 Å². The fraction of sp³-hybridized carbons (Fsp3) is 0.588. The first kappa shape index (κ1) is 18.2. The van der Waals surface area contributed by atoms with E-state index in [2.05, 4.69) is 11.8 Å². The topological polar surface area (TPSA) is 40.5 Å². The predicted molar refractivity (Wildman–Crippen MR) is 91.4 cm³/mol. The zero-order chi connectivity index (χ0) is 14.6. The van der Waals surface area contributed by atoms with E-state index < -0.39 is 5.41 Å². The molecule has 3 nitrogen and oxygen atoms in total. The van der Waals surface area contributed by atoms with Gasteiger partial charge in [0.25, 0.3) is 0 Å². The summed E-state index contributed by atoms with van der Waals surface area (Å²) in [6.45, 7) is 7.17. The van der Waals surface area contributed by atoms with Gasteiger partial charge in [0.15, 0.2) is 0 Å². The molecule has 0 unspecified atom stereocenters. The van der Waals surface area contributed by atoms with Crippen LogP contribution in [0.15, 0.2) is 24.3 Å². The number of phenolic OH excluding ortho intramolecular Hbond substituents is 1. The molecule has 4 heteroatoms. The van der Waals surface area contributed by atoms with Gasteiger partial charge in [-0.3, -0.25) is 4.79 Å². The molecule has 1 aromatic carbocycles. The number of hydrogen-bond donors (Lipinski definition) is 1. The maximum absolute atomic E-state index is 12.6. The van der Waals surface area contributed by atoms with Crippen molar-refractivity contribution in [3.05, 3.63) is 29.8 Å². The molecule has 0 saturated carbocycles. The van der Waals surface area contributed by atoms with Crippen molar-refractivity contribution in [2.45, 2.75) is 44.9 Å². The minimum atomic E-state index is -0.391. The molecule has 0 atom stereocenters. The van der Waals surface area contributed by atoms with Gasteiger partial charge >= 0.3 is 0 Å². The second-order valence-electron chi connectivity index (χ2n) is 5.75. The first-order valence-corrected chi connectivity index (χ1v) is 7.67. The SMILES string of the molecule is Br.CCCN1CCC(C(=O)CC)(c2cccc(O)c2)CC1. The highest BCUT2D eigenvalue weighted by Crippen LogP contribution is 2.38. The van der Waals surface area contributed by atoms with E-state index in [0.717, 1.165) is 44.5 Å². The van der Waals surface area contributed by atoms with Crippen molar-refractivity contribution in [2.75, 3.05) is 19.6 Å². The number of carbonyl (C=O) groups is 1. The Labute approximate surface area is 138 Å². The third kappa shape index (κ3) is 3.86. The summed E-state index contributed by atoms with van der Waals surface area (Å²) in [5.74, 6) is 0.556. The van der Waals surface area contributed by atoms with Crippen molar-refractivity contribution in [1.82, 2.24) is 4.90 Å². The lowest BCUT2D eigenvalue weighted by Gasteiger charge is -2.41. The molecule has 0 aliphatic carbocycles. The first-order valence-electron chi connectivity index (χ1n) is 7.67. The number of phenols is 1. The van der Waals surface area contributed by atoms with Crippen molar-refractivity contribution >= 4 is 22.8 Å². The van der Waals surface area contributed by atoms with Gasteiger partial charge in [-0.2, -0.15) is 0 Å². The van der Waals surface area contributed by atoms with Crippen molar-refractivity contribution in [3.8, 4) is 5.75 Å². The Hall–Kier alpha value is -0.870. The quantitative estimate of drug-likeness (QED) is 0.875. The van der Waals surface area contributed by atoms with Gasteiger partial charge in [0, 0.05) is 6.42 Å². The Morgan fingerprint density at radius 1 is 1.29 bits per heavy atom. The number of carbonyl (C=O) groups excluding carboxylic acids is 1. The molecule has 0 aromatic heterocycles. The zero-order valence-corrected chi connectivity index (χ0v) is 14.7. The highest BCUT2D eigenvalue weighted by molar-refractivity contribution is 8.93. The number of hydrogen-bond acceptors (Lipinski definition) is 3. The monoisotopic (exact) mass is 355 g/mol. The Kier molecular flexibility index (Phi) is 6.88. The lowest BCUT2D eigenvalue weighted by atomic mass is 9.69. The van der Waals surface area contributed by atoms with Gasteiger partial charge in [0.1, 0.15) is 11.5 Å². The molecule has 1 heterocycles. The molecule has 0 radical (unpaired) electrons. The lowest BCUT2D eigenvalue weighted by Crippen LogP contribution is -2.47. The Balaban J connectivity index is 0.00000220. The van der Waals surface area contributed by atoms with Crippen LogP contribution in [-0.2, 0) is 10.2 Å². The van der Waals surface area contributed by atoms with E-state index in [1.807, 2.05) is 19.1 Å². The predicted octanol–water partition coefficient (Wildman–Crippen LogP) is 3.69. The van der Waals surface area contributed by atoms with Crippen LogP contribution in [0.25, 0.3) is 0 Å². The van der Waals surface area contributed by atoms with E-state index in [1.165, 1.54) is 0 Å². The Bertz CT molecular complexity index is 468. The average Bonchev–Trinajstić information content (AvgIpc) is 2.48. The van der Waals surface area contributed by atoms with E-state index in [1.54, 1.807) is 12.1 Å². The maximum atomic E-state index is 12.6. The van der Waals surface area contributed by atoms with Gasteiger partial charge in [-0.15, -0.1) is 17.0 Å². The summed E-state index contributed by atoms with van der Waals surface area (Å²) in [6.07, 6.45) is 3.44. The van der Waals surface area contributed by atoms with Crippen molar-refractivity contribution in [2.24, 2.45) is 0 Å². The zero-order valence-electron chi connectivity index (χ0n) is 13.0. The molecule has 118 valence electrons. The summed E-state index contributed by atoms with van der Waals surface area (Å²) in [5, 5.41) is 9.73. The second-order valence-corrected chi connectivity index (χ2v) is 5.75. The smallest absolute Gasteiger partial charge is 0.143 e. The minimum Gasteiger partial charge on any atom is -0.508 e. The van der Waals surface area contributed by atoms with E-state index >= 15 is 0 Å². The summed E-state index contributed by atoms with van der Waals surface area (Å²) < 4.78 is 0. The first-order chi connectivity index (χ1) is 9.62. The number of rotatable bonds is 5. The van der Waals surface area contributed by atoms with E-state index in [-0.39, 0.29) is 22.7 Å². The number of halogens is 1. The minimum absolute atomic E-state index is 0. The third-order valence-corrected chi connectivity index (χ3v) is 4.50. The number of likely N-dealkylation sites (tertiary alicyclic amines) is 1. The van der Waals surface area contributed by atoms with Crippen LogP contribution >= 0.6 is 17.0 Å². The lowest BCUT2D eigenvalue weighted by molar-refractivity contribution is -0.126. The molecular formula is C17H26BrNO2. The van der Waals surface area contributed by atoms with E-state index in [0.29, 0.717) is 12.2 Å². The van der Waals surface area contributed by atoms with Crippen molar-refractivity contribution in [3.63, 3.8) is 0 Å². The highest BCUT2D eigenvalue weighted by Gasteiger charge is 2.41. The van der Waals surface area contributed by atoms with Gasteiger partial charge in [0.2, 0.25) is 0 Å². The van der Waals surface area contributed by atoms with Crippen LogP contribution in [0.3, 0.4) is 0 Å².